The number of nitrogens with one attached hydrogen (secondary N) is 1. The van der Waals surface area contributed by atoms with Crippen molar-refractivity contribution in [1.29, 1.82) is 0 Å². The Morgan fingerprint density at radius 2 is 2.05 bits per heavy atom. The topological polar surface area (TPSA) is 81.2 Å². The molecule has 19 heavy (non-hydrogen) atoms. The zero-order valence-electron chi connectivity index (χ0n) is 11.8. The van der Waals surface area contributed by atoms with E-state index in [1.807, 2.05) is 6.92 Å². The molecule has 0 aliphatic heterocycles. The van der Waals surface area contributed by atoms with Crippen molar-refractivity contribution in [1.82, 2.24) is 14.9 Å². The number of ether oxygens (including phenoxy) is 1. The Morgan fingerprint density at radius 3 is 2.58 bits per heavy atom. The van der Waals surface area contributed by atoms with Crippen LogP contribution in [0.1, 0.15) is 50.0 Å². The van der Waals surface area contributed by atoms with Gasteiger partial charge >= 0.3 is 5.97 Å². The van der Waals surface area contributed by atoms with Crippen LogP contribution in [-0.2, 0) is 16.0 Å². The van der Waals surface area contributed by atoms with Crippen molar-refractivity contribution in [2.45, 2.75) is 52.7 Å². The third-order valence-corrected chi connectivity index (χ3v) is 2.97. The normalized spacial score (nSPS) is 12.9. The lowest BCUT2D eigenvalue weighted by atomic mass is 10.2. The molecule has 0 fully saturated rings. The molecule has 1 N–H and O–H groups in total. The maximum Gasteiger partial charge on any atom is 0.328 e. The van der Waals surface area contributed by atoms with Crippen molar-refractivity contribution in [3.05, 3.63) is 10.6 Å². The number of aromatic nitrogens is 2. The van der Waals surface area contributed by atoms with Crippen molar-refractivity contribution >= 4 is 23.4 Å². The summed E-state index contributed by atoms with van der Waals surface area (Å²) in [7, 11) is 0. The molecule has 0 aliphatic rings. The molecule has 0 saturated heterocycles. The molecule has 1 atom stereocenters. The number of nitrogens with zero attached hydrogens (tertiary/aromatic N) is 2. The second-order valence-electron chi connectivity index (χ2n) is 5.13. The zero-order chi connectivity index (χ0) is 14.6. The first-order valence-electron chi connectivity index (χ1n) is 6.09. The lowest BCUT2D eigenvalue weighted by molar-refractivity contribution is -0.156. The van der Waals surface area contributed by atoms with Crippen molar-refractivity contribution in [3.63, 3.8) is 0 Å². The fourth-order valence-corrected chi connectivity index (χ4v) is 1.98. The molecule has 1 amide bonds. The van der Waals surface area contributed by atoms with Crippen LogP contribution in [0.2, 0.25) is 0 Å². The smallest absolute Gasteiger partial charge is 0.328 e. The van der Waals surface area contributed by atoms with Gasteiger partial charge in [0.2, 0.25) is 0 Å². The minimum Gasteiger partial charge on any atom is -0.458 e. The highest BCUT2D eigenvalue weighted by Gasteiger charge is 2.25. The molecule has 0 bridgehead atoms. The second-order valence-corrected chi connectivity index (χ2v) is 5.89. The van der Waals surface area contributed by atoms with E-state index in [0.717, 1.165) is 11.5 Å². The molecule has 1 rings (SSSR count). The van der Waals surface area contributed by atoms with Gasteiger partial charge in [0.15, 0.2) is 0 Å². The maximum absolute atomic E-state index is 12.0. The molecule has 1 heterocycles. The van der Waals surface area contributed by atoms with Crippen LogP contribution in [0, 0.1) is 0 Å². The number of amides is 1. The first kappa shape index (κ1) is 15.6. The quantitative estimate of drug-likeness (QED) is 0.849. The predicted octanol–water partition coefficient (Wildman–Crippen LogP) is 1.56. The number of esters is 1. The third-order valence-electron chi connectivity index (χ3n) is 2.20. The Kier molecular flexibility index (Phi) is 4.99. The first-order chi connectivity index (χ1) is 8.74. The first-order valence-corrected chi connectivity index (χ1v) is 6.87. The number of rotatable bonds is 4. The van der Waals surface area contributed by atoms with Crippen molar-refractivity contribution in [3.8, 4) is 0 Å². The molecular formula is C12H19N3O3S. The maximum atomic E-state index is 12.0. The van der Waals surface area contributed by atoms with E-state index in [1.54, 1.807) is 27.7 Å². The minimum absolute atomic E-state index is 0.342. The molecule has 106 valence electrons. The second kappa shape index (κ2) is 6.10. The Bertz CT molecular complexity index is 465. The largest absolute Gasteiger partial charge is 0.458 e. The highest BCUT2D eigenvalue weighted by Crippen LogP contribution is 2.12. The Hall–Kier alpha value is -1.50. The number of hydrogen-bond acceptors (Lipinski definition) is 6. The summed E-state index contributed by atoms with van der Waals surface area (Å²) >= 11 is 1.02. The molecule has 0 saturated carbocycles. The average Bonchev–Trinajstić information content (AvgIpc) is 2.74. The van der Waals surface area contributed by atoms with Gasteiger partial charge in [0.05, 0.1) is 5.69 Å². The van der Waals surface area contributed by atoms with Crippen molar-refractivity contribution in [2.75, 3.05) is 0 Å². The number of carbonyl (C=O) groups is 2. The lowest BCUT2D eigenvalue weighted by Gasteiger charge is -2.22. The predicted molar refractivity (Wildman–Crippen MR) is 72.1 cm³/mol. The van der Waals surface area contributed by atoms with E-state index in [9.17, 15) is 9.59 Å². The van der Waals surface area contributed by atoms with Crippen LogP contribution in [0.5, 0.6) is 0 Å². The van der Waals surface area contributed by atoms with Gasteiger partial charge in [-0.3, -0.25) is 4.79 Å². The summed E-state index contributed by atoms with van der Waals surface area (Å²) in [5.74, 6) is -0.804. The summed E-state index contributed by atoms with van der Waals surface area (Å²) in [6.45, 7) is 8.82. The Labute approximate surface area is 116 Å². The Balaban J connectivity index is 2.64. The molecule has 6 nitrogen and oxygen atoms in total. The van der Waals surface area contributed by atoms with E-state index in [-0.39, 0.29) is 5.91 Å². The fraction of sp³-hybridized carbons (Fsp3) is 0.667. The lowest BCUT2D eigenvalue weighted by Crippen LogP contribution is -2.42. The van der Waals surface area contributed by atoms with Gasteiger partial charge in [-0.05, 0) is 45.6 Å². The molecule has 1 aromatic heterocycles. The third kappa shape index (κ3) is 4.59. The molecule has 0 aromatic carbocycles. The molecule has 0 unspecified atom stereocenters. The van der Waals surface area contributed by atoms with Gasteiger partial charge in [0, 0.05) is 0 Å². The standard InChI is InChI=1S/C12H19N3O3S/c1-6-8-9(19-15-14-8)10(16)13-7(2)11(17)18-12(3,4)5/h7H,6H2,1-5H3,(H,13,16)/t7-/m0/s1. The fourth-order valence-electron chi connectivity index (χ4n) is 1.32. The van der Waals surface area contributed by atoms with Gasteiger partial charge in [-0.1, -0.05) is 11.4 Å². The van der Waals surface area contributed by atoms with Crippen LogP contribution in [0.25, 0.3) is 0 Å². The van der Waals surface area contributed by atoms with E-state index in [1.165, 1.54) is 0 Å². The van der Waals surface area contributed by atoms with Gasteiger partial charge in [-0.2, -0.15) is 0 Å². The van der Waals surface area contributed by atoms with Gasteiger partial charge in [0.1, 0.15) is 16.5 Å². The summed E-state index contributed by atoms with van der Waals surface area (Å²) in [5.41, 5.74) is 0.0651. The Morgan fingerprint density at radius 1 is 1.42 bits per heavy atom. The van der Waals surface area contributed by atoms with Gasteiger partial charge in [0.25, 0.3) is 5.91 Å². The molecule has 7 heteroatoms. The number of carbonyl (C=O) groups excluding carboxylic acids is 2. The van der Waals surface area contributed by atoms with Gasteiger partial charge in [-0.25, -0.2) is 4.79 Å². The van der Waals surface area contributed by atoms with E-state index < -0.39 is 17.6 Å². The van der Waals surface area contributed by atoms with Crippen LogP contribution in [0.15, 0.2) is 0 Å². The summed E-state index contributed by atoms with van der Waals surface area (Å²) in [6.07, 6.45) is 0.625. The SMILES string of the molecule is CCc1nnsc1C(=O)N[C@@H](C)C(=O)OC(C)(C)C. The van der Waals surface area contributed by atoms with Gasteiger partial charge < -0.3 is 10.1 Å². The summed E-state index contributed by atoms with van der Waals surface area (Å²) < 4.78 is 8.93. The van der Waals surface area contributed by atoms with Crippen molar-refractivity contribution in [2.24, 2.45) is 0 Å². The van der Waals surface area contributed by atoms with Crippen LogP contribution in [0.4, 0.5) is 0 Å². The van der Waals surface area contributed by atoms with E-state index in [0.29, 0.717) is 17.0 Å². The highest BCUT2D eigenvalue weighted by molar-refractivity contribution is 7.08. The average molecular weight is 285 g/mol. The van der Waals surface area contributed by atoms with Crippen LogP contribution < -0.4 is 5.32 Å². The molecular weight excluding hydrogens is 266 g/mol. The van der Waals surface area contributed by atoms with E-state index >= 15 is 0 Å². The summed E-state index contributed by atoms with van der Waals surface area (Å²) in [4.78, 5) is 24.2. The molecule has 1 aromatic rings. The van der Waals surface area contributed by atoms with E-state index in [2.05, 4.69) is 14.9 Å². The zero-order valence-corrected chi connectivity index (χ0v) is 12.6. The van der Waals surface area contributed by atoms with Gasteiger partial charge in [-0.15, -0.1) is 5.10 Å². The minimum atomic E-state index is -0.710. The molecule has 0 aliphatic carbocycles. The van der Waals surface area contributed by atoms with Crippen LogP contribution in [-0.4, -0.2) is 33.1 Å². The molecule has 0 radical (unpaired) electrons. The monoisotopic (exact) mass is 285 g/mol. The highest BCUT2D eigenvalue weighted by atomic mass is 32.1. The molecule has 0 spiro atoms. The summed E-state index contributed by atoms with van der Waals surface area (Å²) in [5, 5.41) is 6.46. The van der Waals surface area contributed by atoms with E-state index in [4.69, 9.17) is 4.74 Å². The van der Waals surface area contributed by atoms with Crippen molar-refractivity contribution < 1.29 is 14.3 Å². The van der Waals surface area contributed by atoms with Crippen LogP contribution >= 0.6 is 11.5 Å². The number of aryl methyl sites for hydroxylation is 1. The van der Waals surface area contributed by atoms with Crippen LogP contribution in [0.3, 0.4) is 0 Å². The number of hydrogen-bond donors (Lipinski definition) is 1. The summed E-state index contributed by atoms with van der Waals surface area (Å²) in [6, 6.07) is -0.710.